The molecular weight excluding hydrogens is 324 g/mol. The normalized spacial score (nSPS) is 12.9. The molecule has 0 spiro atoms. The van der Waals surface area contributed by atoms with Gasteiger partial charge in [-0.2, -0.15) is 0 Å². The van der Waals surface area contributed by atoms with Crippen LogP contribution in [0.15, 0.2) is 30.5 Å². The third-order valence-electron chi connectivity index (χ3n) is 3.59. The lowest BCUT2D eigenvalue weighted by Gasteiger charge is -2.19. The molecule has 0 saturated carbocycles. The Kier molecular flexibility index (Phi) is 3.78. The molecule has 24 heavy (non-hydrogen) atoms. The number of anilines is 2. The van der Waals surface area contributed by atoms with Gasteiger partial charge < -0.3 is 14.8 Å². The third kappa shape index (κ3) is 2.90. The molecule has 0 bridgehead atoms. The van der Waals surface area contributed by atoms with E-state index in [1.54, 1.807) is 17.5 Å². The van der Waals surface area contributed by atoms with E-state index in [9.17, 15) is 0 Å². The second kappa shape index (κ2) is 6.09. The number of hydrogen-bond acceptors (Lipinski definition) is 7. The molecule has 1 N–H and O–H groups in total. The number of rotatable bonds is 3. The number of benzene rings is 1. The van der Waals surface area contributed by atoms with E-state index >= 15 is 0 Å². The molecule has 0 radical (unpaired) electrons. The van der Waals surface area contributed by atoms with Crippen LogP contribution in [-0.4, -0.2) is 28.2 Å². The van der Waals surface area contributed by atoms with Gasteiger partial charge in [0.25, 0.3) is 0 Å². The fourth-order valence-corrected chi connectivity index (χ4v) is 3.45. The van der Waals surface area contributed by atoms with Crippen molar-refractivity contribution in [1.29, 1.82) is 0 Å². The summed E-state index contributed by atoms with van der Waals surface area (Å²) in [6.45, 7) is 5.14. The smallest absolute Gasteiger partial charge is 0.227 e. The molecule has 3 heterocycles. The minimum absolute atomic E-state index is 0.537. The van der Waals surface area contributed by atoms with Gasteiger partial charge in [-0.25, -0.2) is 15.0 Å². The number of hydrogen-bond donors (Lipinski definition) is 1. The van der Waals surface area contributed by atoms with Crippen molar-refractivity contribution in [3.8, 4) is 22.1 Å². The maximum atomic E-state index is 5.60. The second-order valence-corrected chi connectivity index (χ2v) is 6.60. The Morgan fingerprint density at radius 2 is 1.88 bits per heavy atom. The van der Waals surface area contributed by atoms with Gasteiger partial charge in [0.15, 0.2) is 11.5 Å². The summed E-state index contributed by atoms with van der Waals surface area (Å²) in [7, 11) is 0. The Morgan fingerprint density at radius 3 is 2.67 bits per heavy atom. The summed E-state index contributed by atoms with van der Waals surface area (Å²) in [5.74, 6) is 2.03. The minimum atomic E-state index is 0.537. The standard InChI is InChI=1S/C17H16N4O2S/c1-10-16(24-11(2)19-10)13-5-6-18-17(21-13)20-12-3-4-14-15(9-12)23-8-7-22-14/h3-6,9H,7-8H2,1-2H3,(H,18,20,21). The highest BCUT2D eigenvalue weighted by Gasteiger charge is 2.13. The maximum Gasteiger partial charge on any atom is 0.227 e. The summed E-state index contributed by atoms with van der Waals surface area (Å²) in [6.07, 6.45) is 1.75. The molecule has 3 aromatic rings. The topological polar surface area (TPSA) is 69.2 Å². The number of nitrogens with one attached hydrogen (secondary N) is 1. The first-order valence-corrected chi connectivity index (χ1v) is 8.45. The molecule has 2 aromatic heterocycles. The molecular formula is C17H16N4O2S. The number of aromatic nitrogens is 3. The van der Waals surface area contributed by atoms with E-state index in [1.807, 2.05) is 38.1 Å². The van der Waals surface area contributed by atoms with E-state index < -0.39 is 0 Å². The number of nitrogens with zero attached hydrogens (tertiary/aromatic N) is 3. The van der Waals surface area contributed by atoms with Crippen molar-refractivity contribution in [2.45, 2.75) is 13.8 Å². The van der Waals surface area contributed by atoms with Crippen LogP contribution < -0.4 is 14.8 Å². The average molecular weight is 340 g/mol. The van der Waals surface area contributed by atoms with Crippen LogP contribution in [0.25, 0.3) is 10.6 Å². The highest BCUT2D eigenvalue weighted by Crippen LogP contribution is 2.33. The first-order chi connectivity index (χ1) is 11.7. The zero-order valence-corrected chi connectivity index (χ0v) is 14.2. The predicted molar refractivity (Wildman–Crippen MR) is 93.3 cm³/mol. The van der Waals surface area contributed by atoms with E-state index in [-0.39, 0.29) is 0 Å². The van der Waals surface area contributed by atoms with Crippen molar-refractivity contribution in [1.82, 2.24) is 15.0 Å². The Hall–Kier alpha value is -2.67. The predicted octanol–water partition coefficient (Wildman–Crippen LogP) is 3.73. The highest BCUT2D eigenvalue weighted by molar-refractivity contribution is 7.15. The largest absolute Gasteiger partial charge is 0.486 e. The molecule has 0 atom stereocenters. The summed E-state index contributed by atoms with van der Waals surface area (Å²) >= 11 is 1.64. The zero-order valence-electron chi connectivity index (χ0n) is 13.4. The van der Waals surface area contributed by atoms with E-state index in [0.29, 0.717) is 19.2 Å². The molecule has 1 aliphatic heterocycles. The number of fused-ring (bicyclic) bond motifs is 1. The molecule has 0 amide bonds. The van der Waals surface area contributed by atoms with Gasteiger partial charge in [-0.3, -0.25) is 0 Å². The summed E-state index contributed by atoms with van der Waals surface area (Å²) < 4.78 is 11.1. The molecule has 0 fully saturated rings. The molecule has 4 rings (SSSR count). The van der Waals surface area contributed by atoms with Crippen LogP contribution in [0.1, 0.15) is 10.7 Å². The SMILES string of the molecule is Cc1nc(C)c(-c2ccnc(Nc3ccc4c(c3)OCCO4)n2)s1. The lowest BCUT2D eigenvalue weighted by Crippen LogP contribution is -2.15. The van der Waals surface area contributed by atoms with E-state index in [0.717, 1.165) is 38.5 Å². The van der Waals surface area contributed by atoms with Gasteiger partial charge >= 0.3 is 0 Å². The average Bonchev–Trinajstić information content (AvgIpc) is 2.93. The number of thiazole rings is 1. The molecule has 7 heteroatoms. The van der Waals surface area contributed by atoms with Gasteiger partial charge in [0.1, 0.15) is 13.2 Å². The fourth-order valence-electron chi connectivity index (χ4n) is 2.56. The molecule has 1 aliphatic rings. The van der Waals surface area contributed by atoms with Crippen LogP contribution in [0.5, 0.6) is 11.5 Å². The van der Waals surface area contributed by atoms with Gasteiger partial charge in [0, 0.05) is 18.0 Å². The third-order valence-corrected chi connectivity index (χ3v) is 4.69. The number of ether oxygens (including phenoxy) is 2. The number of aryl methyl sites for hydroxylation is 2. The second-order valence-electron chi connectivity index (χ2n) is 5.40. The lowest BCUT2D eigenvalue weighted by molar-refractivity contribution is 0.171. The van der Waals surface area contributed by atoms with Crippen molar-refractivity contribution in [2.75, 3.05) is 18.5 Å². The summed E-state index contributed by atoms with van der Waals surface area (Å²) in [6, 6.07) is 7.60. The Bertz CT molecular complexity index is 894. The van der Waals surface area contributed by atoms with Gasteiger partial charge in [0.05, 0.1) is 21.3 Å². The Labute approximate surface area is 143 Å². The quantitative estimate of drug-likeness (QED) is 0.783. The molecule has 6 nitrogen and oxygen atoms in total. The molecule has 122 valence electrons. The summed E-state index contributed by atoms with van der Waals surface area (Å²) in [5, 5.41) is 4.25. The maximum absolute atomic E-state index is 5.60. The van der Waals surface area contributed by atoms with E-state index in [1.165, 1.54) is 0 Å². The van der Waals surface area contributed by atoms with Gasteiger partial charge in [0.2, 0.25) is 5.95 Å². The Morgan fingerprint density at radius 1 is 1.04 bits per heavy atom. The van der Waals surface area contributed by atoms with Crippen molar-refractivity contribution < 1.29 is 9.47 Å². The molecule has 1 aromatic carbocycles. The van der Waals surface area contributed by atoms with Gasteiger partial charge in [-0.1, -0.05) is 0 Å². The van der Waals surface area contributed by atoms with Gasteiger partial charge in [-0.05, 0) is 32.0 Å². The van der Waals surface area contributed by atoms with Crippen LogP contribution in [0.2, 0.25) is 0 Å². The lowest BCUT2D eigenvalue weighted by atomic mass is 10.2. The summed E-state index contributed by atoms with van der Waals surface area (Å²) in [5.41, 5.74) is 2.71. The van der Waals surface area contributed by atoms with Crippen molar-refractivity contribution in [3.05, 3.63) is 41.2 Å². The highest BCUT2D eigenvalue weighted by atomic mass is 32.1. The zero-order chi connectivity index (χ0) is 16.5. The van der Waals surface area contributed by atoms with Crippen LogP contribution in [-0.2, 0) is 0 Å². The van der Waals surface area contributed by atoms with Crippen LogP contribution in [0, 0.1) is 13.8 Å². The van der Waals surface area contributed by atoms with E-state index in [4.69, 9.17) is 9.47 Å². The van der Waals surface area contributed by atoms with Crippen molar-refractivity contribution in [2.24, 2.45) is 0 Å². The van der Waals surface area contributed by atoms with Crippen LogP contribution >= 0.6 is 11.3 Å². The van der Waals surface area contributed by atoms with Crippen molar-refractivity contribution in [3.63, 3.8) is 0 Å². The van der Waals surface area contributed by atoms with Crippen molar-refractivity contribution >= 4 is 23.0 Å². The first-order valence-electron chi connectivity index (χ1n) is 7.63. The molecule has 0 aliphatic carbocycles. The molecule has 0 saturated heterocycles. The summed E-state index contributed by atoms with van der Waals surface area (Å²) in [4.78, 5) is 14.4. The van der Waals surface area contributed by atoms with Gasteiger partial charge in [-0.15, -0.1) is 11.3 Å². The molecule has 0 unspecified atom stereocenters. The first kappa shape index (κ1) is 14.9. The minimum Gasteiger partial charge on any atom is -0.486 e. The Balaban J connectivity index is 1.61. The monoisotopic (exact) mass is 340 g/mol. The van der Waals surface area contributed by atoms with E-state index in [2.05, 4.69) is 20.3 Å². The fraction of sp³-hybridized carbons (Fsp3) is 0.235. The van der Waals surface area contributed by atoms with Crippen LogP contribution in [0.3, 0.4) is 0 Å². The van der Waals surface area contributed by atoms with Crippen LogP contribution in [0.4, 0.5) is 11.6 Å².